The van der Waals surface area contributed by atoms with E-state index in [-0.39, 0.29) is 17.9 Å². The highest BCUT2D eigenvalue weighted by Gasteiger charge is 2.49. The van der Waals surface area contributed by atoms with Crippen LogP contribution in [-0.4, -0.2) is 30.1 Å². The molecule has 0 aromatic heterocycles. The van der Waals surface area contributed by atoms with Crippen molar-refractivity contribution < 1.29 is 9.90 Å². The summed E-state index contributed by atoms with van der Waals surface area (Å²) < 4.78 is 0. The first kappa shape index (κ1) is 12.1. The van der Waals surface area contributed by atoms with Crippen molar-refractivity contribution in [2.24, 2.45) is 11.8 Å². The van der Waals surface area contributed by atoms with Crippen LogP contribution in [0.1, 0.15) is 23.6 Å². The Morgan fingerprint density at radius 1 is 1.41 bits per heavy atom. The van der Waals surface area contributed by atoms with Crippen LogP contribution in [-0.2, 0) is 4.79 Å². The van der Waals surface area contributed by atoms with E-state index in [9.17, 15) is 4.79 Å². The molecule has 1 fully saturated rings. The van der Waals surface area contributed by atoms with Crippen molar-refractivity contribution in [1.82, 2.24) is 4.90 Å². The Kier molecular flexibility index (Phi) is 3.20. The Morgan fingerprint density at radius 2 is 2.06 bits per heavy atom. The Morgan fingerprint density at radius 3 is 2.53 bits per heavy atom. The maximum atomic E-state index is 11.0. The lowest BCUT2D eigenvalue weighted by atomic mass is 9.96. The van der Waals surface area contributed by atoms with Crippen LogP contribution < -0.4 is 0 Å². The van der Waals surface area contributed by atoms with Gasteiger partial charge in [0.15, 0.2) is 0 Å². The van der Waals surface area contributed by atoms with Gasteiger partial charge in [0.25, 0.3) is 0 Å². The SMILES string of the molecule is Cc1ccccc1C(C1CC1C(=O)O)N(C)C. The van der Waals surface area contributed by atoms with Gasteiger partial charge in [-0.05, 0) is 44.5 Å². The van der Waals surface area contributed by atoms with Gasteiger partial charge in [0.1, 0.15) is 0 Å². The molecule has 0 amide bonds. The number of aryl methyl sites for hydroxylation is 1. The number of aliphatic carboxylic acids is 1. The zero-order valence-electron chi connectivity index (χ0n) is 10.6. The van der Waals surface area contributed by atoms with Gasteiger partial charge in [-0.2, -0.15) is 0 Å². The second-order valence-corrected chi connectivity index (χ2v) is 5.11. The van der Waals surface area contributed by atoms with Crippen molar-refractivity contribution in [1.29, 1.82) is 0 Å². The lowest BCUT2D eigenvalue weighted by molar-refractivity contribution is -0.139. The van der Waals surface area contributed by atoms with Crippen LogP contribution in [0.5, 0.6) is 0 Å². The average Bonchev–Trinajstić information content (AvgIpc) is 3.01. The molecule has 0 bridgehead atoms. The maximum Gasteiger partial charge on any atom is 0.306 e. The summed E-state index contributed by atoms with van der Waals surface area (Å²) in [4.78, 5) is 13.1. The van der Waals surface area contributed by atoms with Crippen molar-refractivity contribution in [3.63, 3.8) is 0 Å². The smallest absolute Gasteiger partial charge is 0.306 e. The van der Waals surface area contributed by atoms with Gasteiger partial charge in [-0.25, -0.2) is 0 Å². The Bertz CT molecular complexity index is 428. The van der Waals surface area contributed by atoms with Crippen molar-refractivity contribution in [3.8, 4) is 0 Å². The number of carboxylic acids is 1. The fourth-order valence-corrected chi connectivity index (χ4v) is 2.66. The summed E-state index contributed by atoms with van der Waals surface area (Å²) in [6, 6.07) is 8.46. The molecule has 1 aliphatic carbocycles. The lowest BCUT2D eigenvalue weighted by Crippen LogP contribution is -2.24. The number of benzene rings is 1. The van der Waals surface area contributed by atoms with E-state index in [0.29, 0.717) is 0 Å². The summed E-state index contributed by atoms with van der Waals surface area (Å²) in [7, 11) is 4.04. The number of carboxylic acid groups (broad SMARTS) is 1. The molecule has 1 N–H and O–H groups in total. The second kappa shape index (κ2) is 4.49. The second-order valence-electron chi connectivity index (χ2n) is 5.11. The molecule has 92 valence electrons. The van der Waals surface area contributed by atoms with E-state index in [1.54, 1.807) is 0 Å². The zero-order chi connectivity index (χ0) is 12.6. The zero-order valence-corrected chi connectivity index (χ0v) is 10.6. The molecule has 3 nitrogen and oxygen atoms in total. The summed E-state index contributed by atoms with van der Waals surface area (Å²) in [5.41, 5.74) is 2.49. The van der Waals surface area contributed by atoms with Crippen molar-refractivity contribution in [3.05, 3.63) is 35.4 Å². The van der Waals surface area contributed by atoms with E-state index >= 15 is 0 Å². The molecular formula is C14H19NO2. The first-order valence-electron chi connectivity index (χ1n) is 5.97. The normalized spacial score (nSPS) is 24.7. The molecule has 1 aromatic carbocycles. The fraction of sp³-hybridized carbons (Fsp3) is 0.500. The molecule has 2 rings (SSSR count). The van der Waals surface area contributed by atoms with E-state index in [0.717, 1.165) is 6.42 Å². The standard InChI is InChI=1S/C14H19NO2/c1-9-6-4-5-7-10(9)13(15(2)3)11-8-12(11)14(16)17/h4-7,11-13H,8H2,1-3H3,(H,16,17). The molecule has 0 radical (unpaired) electrons. The van der Waals surface area contributed by atoms with E-state index in [4.69, 9.17) is 5.11 Å². The number of nitrogens with zero attached hydrogens (tertiary/aromatic N) is 1. The lowest BCUT2D eigenvalue weighted by Gasteiger charge is -2.26. The van der Waals surface area contributed by atoms with Crippen LogP contribution >= 0.6 is 0 Å². The first-order valence-corrected chi connectivity index (χ1v) is 5.97. The first-order chi connectivity index (χ1) is 8.02. The van der Waals surface area contributed by atoms with E-state index in [2.05, 4.69) is 24.0 Å². The van der Waals surface area contributed by atoms with Crippen molar-refractivity contribution >= 4 is 5.97 Å². The molecule has 0 aliphatic heterocycles. The maximum absolute atomic E-state index is 11.0. The predicted octanol–water partition coefficient (Wildman–Crippen LogP) is 2.32. The van der Waals surface area contributed by atoms with Gasteiger partial charge in [-0.3, -0.25) is 4.79 Å². The number of hydrogen-bond acceptors (Lipinski definition) is 2. The molecule has 17 heavy (non-hydrogen) atoms. The minimum Gasteiger partial charge on any atom is -0.481 e. The van der Waals surface area contributed by atoms with Gasteiger partial charge in [-0.15, -0.1) is 0 Å². The van der Waals surface area contributed by atoms with Crippen molar-refractivity contribution in [2.45, 2.75) is 19.4 Å². The molecular weight excluding hydrogens is 214 g/mol. The van der Waals surface area contributed by atoms with Crippen LogP contribution in [0.25, 0.3) is 0 Å². The monoisotopic (exact) mass is 233 g/mol. The van der Waals surface area contributed by atoms with Gasteiger partial charge in [0.2, 0.25) is 0 Å². The van der Waals surface area contributed by atoms with Gasteiger partial charge in [0.05, 0.1) is 5.92 Å². The van der Waals surface area contributed by atoms with Crippen molar-refractivity contribution in [2.75, 3.05) is 14.1 Å². The Hall–Kier alpha value is -1.35. The third-order valence-electron chi connectivity index (χ3n) is 3.63. The van der Waals surface area contributed by atoms with E-state index in [1.165, 1.54) is 11.1 Å². The molecule has 0 spiro atoms. The van der Waals surface area contributed by atoms with Gasteiger partial charge < -0.3 is 10.0 Å². The van der Waals surface area contributed by atoms with Crippen LogP contribution in [0, 0.1) is 18.8 Å². The third kappa shape index (κ3) is 2.34. The number of carbonyl (C=O) groups is 1. The van der Waals surface area contributed by atoms with Crippen LogP contribution in [0.15, 0.2) is 24.3 Å². The summed E-state index contributed by atoms with van der Waals surface area (Å²) in [6.45, 7) is 2.09. The summed E-state index contributed by atoms with van der Waals surface area (Å²) >= 11 is 0. The largest absolute Gasteiger partial charge is 0.481 e. The number of rotatable bonds is 4. The molecule has 3 heteroatoms. The minimum atomic E-state index is -0.657. The molecule has 1 saturated carbocycles. The highest BCUT2D eigenvalue weighted by atomic mass is 16.4. The fourth-order valence-electron chi connectivity index (χ4n) is 2.66. The minimum absolute atomic E-state index is 0.165. The Balaban J connectivity index is 2.26. The van der Waals surface area contributed by atoms with Crippen LogP contribution in [0.3, 0.4) is 0 Å². The highest BCUT2D eigenvalue weighted by molar-refractivity contribution is 5.73. The van der Waals surface area contributed by atoms with Gasteiger partial charge in [-0.1, -0.05) is 24.3 Å². The molecule has 3 unspecified atom stereocenters. The molecule has 3 atom stereocenters. The summed E-state index contributed by atoms with van der Waals surface area (Å²) in [5, 5.41) is 9.05. The van der Waals surface area contributed by atoms with E-state index in [1.807, 2.05) is 26.2 Å². The van der Waals surface area contributed by atoms with Gasteiger partial charge in [0, 0.05) is 6.04 Å². The quantitative estimate of drug-likeness (QED) is 0.867. The van der Waals surface area contributed by atoms with Crippen LogP contribution in [0.4, 0.5) is 0 Å². The number of hydrogen-bond donors (Lipinski definition) is 1. The van der Waals surface area contributed by atoms with E-state index < -0.39 is 5.97 Å². The highest BCUT2D eigenvalue weighted by Crippen LogP contribution is 2.49. The van der Waals surface area contributed by atoms with Gasteiger partial charge >= 0.3 is 5.97 Å². The molecule has 1 aromatic rings. The Labute approximate surface area is 102 Å². The molecule has 0 heterocycles. The molecule has 1 aliphatic rings. The third-order valence-corrected chi connectivity index (χ3v) is 3.63. The molecule has 0 saturated heterocycles. The predicted molar refractivity (Wildman–Crippen MR) is 66.8 cm³/mol. The summed E-state index contributed by atoms with van der Waals surface area (Å²) in [5.74, 6) is -0.568. The average molecular weight is 233 g/mol. The topological polar surface area (TPSA) is 40.5 Å². The summed E-state index contributed by atoms with van der Waals surface area (Å²) in [6.07, 6.45) is 0.798. The van der Waals surface area contributed by atoms with Crippen LogP contribution in [0.2, 0.25) is 0 Å².